The molecular formula is C21H28N7O9PS. The van der Waals surface area contributed by atoms with Gasteiger partial charge in [0.25, 0.3) is 5.56 Å². The molecule has 2 fully saturated rings. The number of hydrogen-bond acceptors (Lipinski definition) is 14. The lowest BCUT2D eigenvalue weighted by atomic mass is 10.2. The molecule has 5 rings (SSSR count). The number of aliphatic hydroxyl groups is 2. The van der Waals surface area contributed by atoms with Crippen molar-refractivity contribution in [1.82, 2.24) is 29.1 Å². The number of nitrogens with zero attached hydrogens (tertiary/aromatic N) is 5. The highest BCUT2D eigenvalue weighted by atomic mass is 32.5. The van der Waals surface area contributed by atoms with E-state index in [1.807, 2.05) is 0 Å². The number of nitrogens with one attached hydrogen (secondary N) is 1. The Balaban J connectivity index is 1.25. The molecule has 39 heavy (non-hydrogen) atoms. The molecule has 0 spiro atoms. The van der Waals surface area contributed by atoms with Crippen LogP contribution in [0.25, 0.3) is 11.2 Å². The van der Waals surface area contributed by atoms with Crippen molar-refractivity contribution in [2.75, 3.05) is 26.1 Å². The predicted molar refractivity (Wildman–Crippen MR) is 138 cm³/mol. The van der Waals surface area contributed by atoms with Gasteiger partial charge >= 0.3 is 12.4 Å². The third-order valence-electron chi connectivity index (χ3n) is 6.60. The van der Waals surface area contributed by atoms with Crippen molar-refractivity contribution in [3.63, 3.8) is 0 Å². The zero-order chi connectivity index (χ0) is 27.9. The Morgan fingerprint density at radius 2 is 1.95 bits per heavy atom. The van der Waals surface area contributed by atoms with Gasteiger partial charge in [-0.3, -0.25) is 18.9 Å². The smallest absolute Gasteiger partial charge is 0.330 e. The zero-order valence-corrected chi connectivity index (χ0v) is 22.7. The molecule has 2 aliphatic heterocycles. The number of nitrogens with two attached hydrogens (primary N) is 1. The van der Waals surface area contributed by atoms with Crippen LogP contribution in [-0.2, 0) is 34.9 Å². The minimum absolute atomic E-state index is 0.0911. The van der Waals surface area contributed by atoms with Crippen LogP contribution in [0, 0.1) is 6.92 Å². The van der Waals surface area contributed by atoms with Crippen LogP contribution in [-0.4, -0.2) is 84.0 Å². The number of aromatic amines is 1. The maximum absolute atomic E-state index is 12.2. The molecule has 7 atom stereocenters. The fourth-order valence-electron chi connectivity index (χ4n) is 4.52. The Morgan fingerprint density at radius 3 is 2.69 bits per heavy atom. The Labute approximate surface area is 225 Å². The molecule has 0 aliphatic carbocycles. The second kappa shape index (κ2) is 11.1. The summed E-state index contributed by atoms with van der Waals surface area (Å²) in [5.74, 6) is 0.227. The maximum atomic E-state index is 12.2. The first-order valence-corrected chi connectivity index (χ1v) is 14.5. The van der Waals surface area contributed by atoms with E-state index in [1.54, 1.807) is 11.5 Å². The topological polar surface area (TPSA) is 211 Å². The van der Waals surface area contributed by atoms with Crippen LogP contribution in [0.3, 0.4) is 0 Å². The van der Waals surface area contributed by atoms with Gasteiger partial charge in [-0.25, -0.2) is 19.7 Å². The van der Waals surface area contributed by atoms with Gasteiger partial charge in [-0.05, 0) is 18.7 Å². The lowest BCUT2D eigenvalue weighted by molar-refractivity contribution is -0.0530. The van der Waals surface area contributed by atoms with Crippen molar-refractivity contribution in [3.05, 3.63) is 45.3 Å². The van der Waals surface area contributed by atoms with Crippen molar-refractivity contribution in [1.29, 1.82) is 0 Å². The van der Waals surface area contributed by atoms with Crippen molar-refractivity contribution in [3.8, 4) is 0 Å². The largest absolute Gasteiger partial charge is 0.394 e. The molecule has 3 aromatic rings. The van der Waals surface area contributed by atoms with Gasteiger partial charge in [-0.15, -0.1) is 0 Å². The Kier molecular flexibility index (Phi) is 7.96. The highest BCUT2D eigenvalue weighted by Gasteiger charge is 2.42. The third kappa shape index (κ3) is 5.54. The molecule has 3 aromatic heterocycles. The van der Waals surface area contributed by atoms with Gasteiger partial charge in [0, 0.05) is 31.7 Å². The average molecular weight is 586 g/mol. The number of nitrogen functional groups attached to an aromatic ring is 1. The van der Waals surface area contributed by atoms with Gasteiger partial charge in [-0.1, -0.05) is 0 Å². The van der Waals surface area contributed by atoms with Gasteiger partial charge in [0.05, 0.1) is 31.7 Å². The number of anilines is 1. The molecule has 2 saturated heterocycles. The van der Waals surface area contributed by atoms with E-state index in [2.05, 4.69) is 19.9 Å². The van der Waals surface area contributed by atoms with Gasteiger partial charge < -0.3 is 39.0 Å². The fraction of sp³-hybridized carbons (Fsp3) is 0.571. The molecule has 2 aliphatic rings. The minimum Gasteiger partial charge on any atom is -0.394 e. The summed E-state index contributed by atoms with van der Waals surface area (Å²) in [4.78, 5) is 38.5. The maximum Gasteiger partial charge on any atom is 0.330 e. The molecule has 0 radical (unpaired) electrons. The Bertz CT molecular complexity index is 1510. The van der Waals surface area contributed by atoms with Crippen molar-refractivity contribution < 1.29 is 33.3 Å². The van der Waals surface area contributed by atoms with E-state index in [0.717, 1.165) is 0 Å². The highest BCUT2D eigenvalue weighted by molar-refractivity contribution is 8.07. The summed E-state index contributed by atoms with van der Waals surface area (Å²) in [5.41, 5.74) is 5.93. The molecule has 16 nitrogen and oxygen atoms in total. The second-order valence-electron chi connectivity index (χ2n) is 9.11. The molecule has 18 heteroatoms. The molecule has 0 saturated carbocycles. The molecule has 1 unspecified atom stereocenters. The molecule has 0 bridgehead atoms. The summed E-state index contributed by atoms with van der Waals surface area (Å²) in [6, 6.07) is 0. The van der Waals surface area contributed by atoms with E-state index >= 15 is 0 Å². The van der Waals surface area contributed by atoms with Crippen molar-refractivity contribution >= 4 is 35.5 Å². The summed E-state index contributed by atoms with van der Waals surface area (Å²) in [5, 5.41) is 20.5. The Morgan fingerprint density at radius 1 is 1.21 bits per heavy atom. The Hall–Kier alpha value is -2.60. The molecule has 212 valence electrons. The number of aliphatic hydroxyl groups excluding tert-OH is 2. The number of imidazole rings is 1. The van der Waals surface area contributed by atoms with Crippen LogP contribution >= 0.6 is 6.72 Å². The first-order chi connectivity index (χ1) is 18.6. The van der Waals surface area contributed by atoms with E-state index in [4.69, 9.17) is 40.6 Å². The molecule has 5 N–H and O–H groups in total. The van der Waals surface area contributed by atoms with E-state index < -0.39 is 54.8 Å². The van der Waals surface area contributed by atoms with Crippen LogP contribution in [0.15, 0.2) is 28.4 Å². The highest BCUT2D eigenvalue weighted by Crippen LogP contribution is 2.53. The SMILES string of the molecule is COP(=S)(OC[C@H]1O[C@@H](n2cc(C)c(=O)[nH]c2=O)C[C@@H]1O)O[C@H]1C[C@H](n2cnc3c(N)ncnc32)O[C@@H]1CO. The van der Waals surface area contributed by atoms with Crippen LogP contribution in [0.5, 0.6) is 0 Å². The monoisotopic (exact) mass is 585 g/mol. The zero-order valence-electron chi connectivity index (χ0n) is 20.9. The van der Waals surface area contributed by atoms with E-state index in [-0.39, 0.29) is 31.9 Å². The third-order valence-corrected chi connectivity index (χ3v) is 9.07. The number of rotatable bonds is 9. The number of aromatic nitrogens is 6. The van der Waals surface area contributed by atoms with Gasteiger partial charge in [0.15, 0.2) is 11.5 Å². The number of fused-ring (bicyclic) bond motifs is 1. The number of H-pyrrole nitrogens is 1. The molecule has 5 heterocycles. The lowest BCUT2D eigenvalue weighted by Gasteiger charge is -2.26. The first-order valence-electron chi connectivity index (χ1n) is 12.0. The number of aryl methyl sites for hydroxylation is 1. The first kappa shape index (κ1) is 27.9. The molecule has 0 amide bonds. The lowest BCUT2D eigenvalue weighted by Crippen LogP contribution is -2.33. The normalized spacial score (nSPS) is 28.7. The van der Waals surface area contributed by atoms with E-state index in [1.165, 1.54) is 30.5 Å². The van der Waals surface area contributed by atoms with Crippen LogP contribution in [0.4, 0.5) is 5.82 Å². The van der Waals surface area contributed by atoms with Gasteiger partial charge in [0.2, 0.25) is 0 Å². The van der Waals surface area contributed by atoms with Gasteiger partial charge in [-0.2, -0.15) is 0 Å². The summed E-state index contributed by atoms with van der Waals surface area (Å²) in [7, 11) is 1.34. The van der Waals surface area contributed by atoms with Crippen LogP contribution < -0.4 is 17.0 Å². The molecule has 0 aromatic carbocycles. The number of hydrogen-bond donors (Lipinski definition) is 4. The predicted octanol–water partition coefficient (Wildman–Crippen LogP) is -0.532. The van der Waals surface area contributed by atoms with Crippen molar-refractivity contribution in [2.24, 2.45) is 0 Å². The summed E-state index contributed by atoms with van der Waals surface area (Å²) in [6.45, 7) is -2.38. The van der Waals surface area contributed by atoms with Crippen LogP contribution in [0.1, 0.15) is 30.9 Å². The second-order valence-corrected chi connectivity index (χ2v) is 12.2. The summed E-state index contributed by atoms with van der Waals surface area (Å²) >= 11 is 5.54. The van der Waals surface area contributed by atoms with E-state index in [9.17, 15) is 19.8 Å². The van der Waals surface area contributed by atoms with E-state index in [0.29, 0.717) is 16.7 Å². The van der Waals surface area contributed by atoms with Crippen LogP contribution in [0.2, 0.25) is 0 Å². The number of ether oxygens (including phenoxy) is 2. The molecular weight excluding hydrogens is 557 g/mol. The quantitative estimate of drug-likeness (QED) is 0.233. The average Bonchev–Trinajstić information content (AvgIpc) is 3.62. The van der Waals surface area contributed by atoms with Crippen molar-refractivity contribution in [2.45, 2.75) is 56.6 Å². The fourth-order valence-corrected chi connectivity index (χ4v) is 6.17. The standard InChI is InChI=1S/C21H28N7O9PS/c1-10-5-27(21(32)26-20(10)31)15-3-11(30)14(36-15)7-34-38(39,33-2)37-12-4-16(35-13(12)6-29)28-9-25-17-18(22)23-8-24-19(17)28/h5,8-9,11-16,29-30H,3-4,6-7H2,1-2H3,(H2,22,23,24)(H,26,31,32)/t11-,12-,13+,14+,15+,16+,38?/m0/s1. The van der Waals surface area contributed by atoms with Gasteiger partial charge in [0.1, 0.15) is 36.5 Å². The summed E-state index contributed by atoms with van der Waals surface area (Å²) in [6.07, 6.45) is -0.118. The summed E-state index contributed by atoms with van der Waals surface area (Å²) < 4.78 is 32.0. The minimum atomic E-state index is -3.39.